The van der Waals surface area contributed by atoms with Gasteiger partial charge in [-0.25, -0.2) is 0 Å². The van der Waals surface area contributed by atoms with Crippen LogP contribution in [0.25, 0.3) is 0 Å². The molecule has 0 atom stereocenters. The number of thiocarbonyl (C=S) groups is 1. The first kappa shape index (κ1) is 15.8. The lowest BCUT2D eigenvalue weighted by Crippen LogP contribution is -2.58. The van der Waals surface area contributed by atoms with Crippen LogP contribution >= 0.6 is 12.2 Å². The molecule has 0 heterocycles. The highest BCUT2D eigenvalue weighted by Crippen LogP contribution is 2.32. The zero-order valence-electron chi connectivity index (χ0n) is 12.3. The summed E-state index contributed by atoms with van der Waals surface area (Å²) in [6.07, 6.45) is 3.72. The van der Waals surface area contributed by atoms with Crippen LogP contribution in [0.1, 0.15) is 38.2 Å². The van der Waals surface area contributed by atoms with Crippen molar-refractivity contribution >= 4 is 23.1 Å². The highest BCUT2D eigenvalue weighted by atomic mass is 32.1. The topological polar surface area (TPSA) is 75.3 Å². The van der Waals surface area contributed by atoms with Crippen molar-refractivity contribution in [3.05, 3.63) is 29.8 Å². The van der Waals surface area contributed by atoms with Crippen molar-refractivity contribution in [3.8, 4) is 5.75 Å². The maximum absolute atomic E-state index is 12.3. The third-order valence-corrected chi connectivity index (χ3v) is 4.71. The van der Waals surface area contributed by atoms with Gasteiger partial charge in [0, 0.05) is 5.56 Å². The van der Waals surface area contributed by atoms with Crippen LogP contribution in [0.4, 0.5) is 0 Å². The number of nitrogens with one attached hydrogen (secondary N) is 1. The molecule has 1 amide bonds. The predicted octanol–water partition coefficient (Wildman–Crippen LogP) is 2.29. The molecule has 0 saturated heterocycles. The lowest BCUT2D eigenvalue weighted by atomic mass is 9.77. The zero-order chi connectivity index (χ0) is 15.5. The van der Waals surface area contributed by atoms with Crippen LogP contribution in [-0.4, -0.2) is 21.5 Å². The average molecular weight is 306 g/mol. The molecule has 0 radical (unpaired) electrons. The maximum Gasteiger partial charge on any atom is 0.225 e. The molecule has 1 aliphatic carbocycles. The van der Waals surface area contributed by atoms with Gasteiger partial charge >= 0.3 is 0 Å². The Morgan fingerprint density at radius 1 is 1.43 bits per heavy atom. The molecule has 0 unspecified atom stereocenters. The second-order valence-electron chi connectivity index (χ2n) is 5.98. The molecular formula is C16H22N2O2S. The Hall–Kier alpha value is -1.62. The van der Waals surface area contributed by atoms with Crippen molar-refractivity contribution in [2.45, 2.75) is 44.6 Å². The Morgan fingerprint density at radius 2 is 2.05 bits per heavy atom. The number of nitrogens with two attached hydrogens (primary N) is 1. The fraction of sp³-hybridized carbons (Fsp3) is 0.500. The van der Waals surface area contributed by atoms with Crippen molar-refractivity contribution in [3.63, 3.8) is 0 Å². The molecule has 4 N–H and O–H groups in total. The van der Waals surface area contributed by atoms with Crippen molar-refractivity contribution in [1.82, 2.24) is 5.32 Å². The average Bonchev–Trinajstić information content (AvgIpc) is 2.44. The summed E-state index contributed by atoms with van der Waals surface area (Å²) in [5, 5.41) is 12.8. The van der Waals surface area contributed by atoms with Crippen LogP contribution < -0.4 is 11.1 Å². The van der Waals surface area contributed by atoms with Crippen LogP contribution in [0.3, 0.4) is 0 Å². The lowest BCUT2D eigenvalue weighted by molar-refractivity contribution is -0.122. The quantitative estimate of drug-likeness (QED) is 0.746. The molecule has 1 aromatic carbocycles. The SMILES string of the molecule is CC1CCC(NC(=O)Cc2ccccc2O)(C(N)=S)CC1. The van der Waals surface area contributed by atoms with Crippen LogP contribution in [0.2, 0.25) is 0 Å². The Balaban J connectivity index is 2.06. The van der Waals surface area contributed by atoms with Crippen molar-refractivity contribution in [1.29, 1.82) is 0 Å². The Kier molecular flexibility index (Phi) is 4.83. The van der Waals surface area contributed by atoms with Gasteiger partial charge in [-0.15, -0.1) is 0 Å². The van der Waals surface area contributed by atoms with Gasteiger partial charge < -0.3 is 16.2 Å². The van der Waals surface area contributed by atoms with E-state index in [4.69, 9.17) is 18.0 Å². The number of hydrogen-bond donors (Lipinski definition) is 3. The summed E-state index contributed by atoms with van der Waals surface area (Å²) >= 11 is 5.19. The number of para-hydroxylation sites is 1. The third-order valence-electron chi connectivity index (χ3n) is 4.32. The van der Waals surface area contributed by atoms with Crippen molar-refractivity contribution < 1.29 is 9.90 Å². The monoisotopic (exact) mass is 306 g/mol. The highest BCUT2D eigenvalue weighted by molar-refractivity contribution is 7.80. The first-order chi connectivity index (χ1) is 9.93. The highest BCUT2D eigenvalue weighted by Gasteiger charge is 2.38. The van der Waals surface area contributed by atoms with Gasteiger partial charge in [-0.1, -0.05) is 37.3 Å². The molecule has 0 spiro atoms. The fourth-order valence-corrected chi connectivity index (χ4v) is 3.09. The number of phenols is 1. The van der Waals surface area contributed by atoms with Gasteiger partial charge in [0.25, 0.3) is 0 Å². The first-order valence-corrected chi connectivity index (χ1v) is 7.71. The number of benzene rings is 1. The number of amides is 1. The smallest absolute Gasteiger partial charge is 0.225 e. The van der Waals surface area contributed by atoms with E-state index < -0.39 is 5.54 Å². The van der Waals surface area contributed by atoms with Crippen LogP contribution in [0.15, 0.2) is 24.3 Å². The lowest BCUT2D eigenvalue weighted by Gasteiger charge is -2.39. The standard InChI is InChI=1S/C16H22N2O2S/c1-11-6-8-16(9-7-11,15(17)21)18-14(20)10-12-4-2-3-5-13(12)19/h2-5,11,19H,6-10H2,1H3,(H2,17,21)(H,18,20). The zero-order valence-corrected chi connectivity index (χ0v) is 13.1. The molecule has 0 aliphatic heterocycles. The Morgan fingerprint density at radius 3 is 2.62 bits per heavy atom. The van der Waals surface area contributed by atoms with Gasteiger partial charge in [-0.05, 0) is 37.7 Å². The molecular weight excluding hydrogens is 284 g/mol. The Labute approximate surface area is 130 Å². The molecule has 2 rings (SSSR count). The number of carbonyl (C=O) groups excluding carboxylic acids is 1. The van der Waals surface area contributed by atoms with E-state index in [-0.39, 0.29) is 18.1 Å². The van der Waals surface area contributed by atoms with E-state index in [0.29, 0.717) is 16.5 Å². The van der Waals surface area contributed by atoms with Gasteiger partial charge in [0.2, 0.25) is 5.91 Å². The van der Waals surface area contributed by atoms with Crippen molar-refractivity contribution in [2.75, 3.05) is 0 Å². The first-order valence-electron chi connectivity index (χ1n) is 7.31. The maximum atomic E-state index is 12.3. The fourth-order valence-electron chi connectivity index (χ4n) is 2.83. The van der Waals surface area contributed by atoms with Gasteiger partial charge in [-0.3, -0.25) is 4.79 Å². The number of carbonyl (C=O) groups is 1. The summed E-state index contributed by atoms with van der Waals surface area (Å²) in [6, 6.07) is 6.85. The second-order valence-corrected chi connectivity index (χ2v) is 6.42. The minimum Gasteiger partial charge on any atom is -0.508 e. The van der Waals surface area contributed by atoms with Crippen LogP contribution in [0, 0.1) is 5.92 Å². The van der Waals surface area contributed by atoms with E-state index in [0.717, 1.165) is 25.7 Å². The summed E-state index contributed by atoms with van der Waals surface area (Å²) in [5.41, 5.74) is 5.93. The van der Waals surface area contributed by atoms with Crippen LogP contribution in [-0.2, 0) is 11.2 Å². The van der Waals surface area contributed by atoms with E-state index in [1.807, 2.05) is 0 Å². The molecule has 114 valence electrons. The normalized spacial score (nSPS) is 25.3. The van der Waals surface area contributed by atoms with Gasteiger partial charge in [-0.2, -0.15) is 0 Å². The van der Waals surface area contributed by atoms with Gasteiger partial charge in [0.15, 0.2) is 0 Å². The van der Waals surface area contributed by atoms with Gasteiger partial charge in [0.05, 0.1) is 16.9 Å². The number of aromatic hydroxyl groups is 1. The van der Waals surface area contributed by atoms with E-state index in [9.17, 15) is 9.90 Å². The van der Waals surface area contributed by atoms with E-state index in [1.54, 1.807) is 24.3 Å². The summed E-state index contributed by atoms with van der Waals surface area (Å²) < 4.78 is 0. The number of rotatable bonds is 4. The summed E-state index contributed by atoms with van der Waals surface area (Å²) in [5.74, 6) is 0.621. The number of phenolic OH excluding ortho intramolecular Hbond substituents is 1. The molecule has 0 aromatic heterocycles. The summed E-state index contributed by atoms with van der Waals surface area (Å²) in [7, 11) is 0. The molecule has 21 heavy (non-hydrogen) atoms. The van der Waals surface area contributed by atoms with E-state index in [2.05, 4.69) is 12.2 Å². The molecule has 1 aromatic rings. The van der Waals surface area contributed by atoms with E-state index in [1.165, 1.54) is 0 Å². The summed E-state index contributed by atoms with van der Waals surface area (Å²) in [4.78, 5) is 12.6. The number of hydrogen-bond acceptors (Lipinski definition) is 3. The Bertz CT molecular complexity index is 537. The minimum atomic E-state index is -0.566. The molecule has 0 bridgehead atoms. The molecule has 1 aliphatic rings. The van der Waals surface area contributed by atoms with Crippen molar-refractivity contribution in [2.24, 2.45) is 11.7 Å². The summed E-state index contributed by atoms with van der Waals surface area (Å²) in [6.45, 7) is 2.20. The molecule has 5 heteroatoms. The van der Waals surface area contributed by atoms with E-state index >= 15 is 0 Å². The predicted molar refractivity (Wildman–Crippen MR) is 87.1 cm³/mol. The molecule has 4 nitrogen and oxygen atoms in total. The molecule has 1 saturated carbocycles. The second kappa shape index (κ2) is 6.43. The molecule has 1 fully saturated rings. The van der Waals surface area contributed by atoms with Gasteiger partial charge in [0.1, 0.15) is 5.75 Å². The van der Waals surface area contributed by atoms with Crippen LogP contribution in [0.5, 0.6) is 5.75 Å². The largest absolute Gasteiger partial charge is 0.508 e. The minimum absolute atomic E-state index is 0.132. The third kappa shape index (κ3) is 3.73.